The molecule has 1 aromatic heterocycles. The van der Waals surface area contributed by atoms with Gasteiger partial charge in [-0.25, -0.2) is 4.79 Å². The smallest absolute Gasteiger partial charge is 0.330 e. The van der Waals surface area contributed by atoms with E-state index in [9.17, 15) is 19.5 Å². The van der Waals surface area contributed by atoms with Crippen LogP contribution < -0.4 is 11.2 Å². The molecule has 12 heteroatoms. The van der Waals surface area contributed by atoms with Crippen LogP contribution in [-0.2, 0) is 17.7 Å². The zero-order valence-electron chi connectivity index (χ0n) is 16.1. The first-order chi connectivity index (χ1) is 12.9. The summed E-state index contributed by atoms with van der Waals surface area (Å²) in [5.41, 5.74) is -1.93. The van der Waals surface area contributed by atoms with Gasteiger partial charge in [-0.15, -0.1) is 0 Å². The van der Waals surface area contributed by atoms with Gasteiger partial charge in [-0.05, 0) is 32.3 Å². The first kappa shape index (κ1) is 21.0. The van der Waals surface area contributed by atoms with Crippen LogP contribution >= 0.6 is 0 Å². The van der Waals surface area contributed by atoms with Crippen LogP contribution in [0.5, 0.6) is 0 Å². The summed E-state index contributed by atoms with van der Waals surface area (Å²) in [6.45, 7) is 11.0. The van der Waals surface area contributed by atoms with Crippen molar-refractivity contribution in [1.29, 1.82) is 0 Å². The lowest BCUT2D eigenvalue weighted by atomic mass is 10.1. The minimum absolute atomic E-state index is 0.123. The Bertz CT molecular complexity index is 909. The lowest BCUT2D eigenvalue weighted by molar-refractivity contribution is -0.0573. The van der Waals surface area contributed by atoms with E-state index in [0.717, 1.165) is 16.8 Å². The highest BCUT2D eigenvalue weighted by Crippen LogP contribution is 2.35. The number of ether oxygens (including phenoxy) is 1. The van der Waals surface area contributed by atoms with Crippen molar-refractivity contribution in [3.63, 3.8) is 0 Å². The van der Waals surface area contributed by atoms with Crippen LogP contribution in [0.3, 0.4) is 0 Å². The second-order valence-corrected chi connectivity index (χ2v) is 14.6. The van der Waals surface area contributed by atoms with E-state index in [4.69, 9.17) is 17.7 Å². The molecule has 2 aliphatic heterocycles. The number of nitrogens with zero attached hydrogens (tertiary/aromatic N) is 1. The maximum atomic E-state index is 12.3. The average Bonchev–Trinajstić information content (AvgIpc) is 2.86. The fourth-order valence-electron chi connectivity index (χ4n) is 3.44. The normalized spacial score (nSPS) is 31.5. The number of rotatable bonds is 3. The summed E-state index contributed by atoms with van der Waals surface area (Å²) >= 11 is 0. The summed E-state index contributed by atoms with van der Waals surface area (Å²) in [6.07, 6.45) is -1.78. The number of carbonyl (C=O) groups is 1. The molecule has 28 heavy (non-hydrogen) atoms. The van der Waals surface area contributed by atoms with Crippen LogP contribution in [0.25, 0.3) is 0 Å². The number of hydrogen-bond acceptors (Lipinski definition) is 8. The van der Waals surface area contributed by atoms with Gasteiger partial charge in [0.25, 0.3) is 5.56 Å². The topological polar surface area (TPSA) is 129 Å². The van der Waals surface area contributed by atoms with Crippen LogP contribution in [-0.4, -0.2) is 62.5 Å². The summed E-state index contributed by atoms with van der Waals surface area (Å²) in [7, 11) is -5.08. The van der Waals surface area contributed by atoms with Gasteiger partial charge in [-0.3, -0.25) is 19.1 Å². The Balaban J connectivity index is 1.98. The third kappa shape index (κ3) is 4.03. The summed E-state index contributed by atoms with van der Waals surface area (Å²) in [5, 5.41) is 10.8. The van der Waals surface area contributed by atoms with E-state index in [0.29, 0.717) is 0 Å². The molecule has 0 amide bonds. The Labute approximate surface area is 163 Å². The summed E-state index contributed by atoms with van der Waals surface area (Å²) < 4.78 is 24.9. The molecule has 2 N–H and O–H groups in total. The molecule has 0 saturated carbocycles. The van der Waals surface area contributed by atoms with E-state index >= 15 is 0 Å². The Hall–Kier alpha value is -1.68. The van der Waals surface area contributed by atoms with Crippen molar-refractivity contribution >= 4 is 22.9 Å². The lowest BCUT2D eigenvalue weighted by Gasteiger charge is -2.39. The third-order valence-corrected chi connectivity index (χ3v) is 10.1. The zero-order valence-corrected chi connectivity index (χ0v) is 18.1. The standard InChI is InChI=1S/C16H24N2O8Si2/c1-6-10(19)9-7-18(16(22)17-14(9)21)15-12(20)13-11(24-15)8-23-27(2,3)26-28(4,5)25-13/h6-7,11-13,15,20H,1,8H2,2-5H3,(H,17,21,22)/t11-,12?,13-,15+/m0/s1. The van der Waals surface area contributed by atoms with Crippen molar-refractivity contribution in [3.8, 4) is 0 Å². The van der Waals surface area contributed by atoms with Crippen LogP contribution in [0.4, 0.5) is 0 Å². The Morgan fingerprint density at radius 2 is 2.00 bits per heavy atom. The number of allylic oxidation sites excluding steroid dienone is 1. The number of H-pyrrole nitrogens is 1. The first-order valence-electron chi connectivity index (χ1n) is 8.82. The van der Waals surface area contributed by atoms with E-state index in [1.54, 1.807) is 0 Å². The average molecular weight is 429 g/mol. The molecule has 154 valence electrons. The summed E-state index contributed by atoms with van der Waals surface area (Å²) in [4.78, 5) is 38.2. The molecule has 0 radical (unpaired) electrons. The molecule has 2 fully saturated rings. The molecule has 0 bridgehead atoms. The molecule has 0 aromatic carbocycles. The van der Waals surface area contributed by atoms with Crippen LogP contribution in [0.1, 0.15) is 16.6 Å². The Kier molecular flexibility index (Phi) is 5.48. The van der Waals surface area contributed by atoms with Gasteiger partial charge in [0.2, 0.25) is 0 Å². The molecule has 4 atom stereocenters. The van der Waals surface area contributed by atoms with Crippen LogP contribution in [0.2, 0.25) is 26.2 Å². The SMILES string of the molecule is C=CC(=O)c1cn([C@@H]2O[C@H]3CO[Si](C)(C)O[Si](C)(C)O[C@@H]3C2O)c(=O)[nH]c1=O. The molecule has 3 heterocycles. The minimum atomic E-state index is -2.64. The molecule has 2 aliphatic rings. The highest BCUT2D eigenvalue weighted by atomic mass is 28.5. The second-order valence-electron chi connectivity index (χ2n) is 7.63. The summed E-state index contributed by atoms with van der Waals surface area (Å²) in [6, 6.07) is 0. The fraction of sp³-hybridized carbons (Fsp3) is 0.562. The highest BCUT2D eigenvalue weighted by Gasteiger charge is 2.52. The molecule has 2 saturated heterocycles. The molecule has 1 unspecified atom stereocenters. The van der Waals surface area contributed by atoms with Crippen molar-refractivity contribution < 1.29 is 27.6 Å². The number of fused-ring (bicyclic) bond motifs is 1. The minimum Gasteiger partial charge on any atom is -0.415 e. The van der Waals surface area contributed by atoms with Gasteiger partial charge < -0.3 is 22.8 Å². The van der Waals surface area contributed by atoms with E-state index in [2.05, 4.69) is 11.6 Å². The Morgan fingerprint density at radius 3 is 2.64 bits per heavy atom. The first-order valence-corrected chi connectivity index (χ1v) is 14.4. The predicted octanol–water partition coefficient (Wildman–Crippen LogP) is -0.000800. The zero-order chi connectivity index (χ0) is 20.9. The number of aromatic nitrogens is 2. The number of ketones is 1. The van der Waals surface area contributed by atoms with E-state index in [1.807, 2.05) is 26.2 Å². The van der Waals surface area contributed by atoms with Crippen LogP contribution in [0.15, 0.2) is 28.4 Å². The number of aliphatic hydroxyl groups is 1. The lowest BCUT2D eigenvalue weighted by Crippen LogP contribution is -2.56. The monoisotopic (exact) mass is 428 g/mol. The molecular formula is C16H24N2O8Si2. The van der Waals surface area contributed by atoms with Gasteiger partial charge in [-0.1, -0.05) is 6.58 Å². The van der Waals surface area contributed by atoms with Gasteiger partial charge in [0.15, 0.2) is 12.0 Å². The third-order valence-electron chi connectivity index (χ3n) is 4.51. The van der Waals surface area contributed by atoms with Crippen molar-refractivity contribution in [3.05, 3.63) is 45.3 Å². The van der Waals surface area contributed by atoms with Gasteiger partial charge in [-0.2, -0.15) is 0 Å². The molecular weight excluding hydrogens is 404 g/mol. The maximum absolute atomic E-state index is 12.3. The number of aliphatic hydroxyl groups excluding tert-OH is 1. The van der Waals surface area contributed by atoms with Crippen molar-refractivity contribution in [2.24, 2.45) is 0 Å². The fourth-order valence-corrected chi connectivity index (χ4v) is 10.1. The van der Waals surface area contributed by atoms with E-state index in [1.165, 1.54) is 0 Å². The summed E-state index contributed by atoms with van der Waals surface area (Å²) in [5.74, 6) is -0.650. The Morgan fingerprint density at radius 1 is 1.32 bits per heavy atom. The van der Waals surface area contributed by atoms with Gasteiger partial charge in [0, 0.05) is 6.20 Å². The largest absolute Gasteiger partial charge is 0.415 e. The van der Waals surface area contributed by atoms with Crippen molar-refractivity contribution in [2.75, 3.05) is 6.61 Å². The number of hydrogen-bond donors (Lipinski definition) is 2. The van der Waals surface area contributed by atoms with Crippen molar-refractivity contribution in [1.82, 2.24) is 9.55 Å². The predicted molar refractivity (Wildman–Crippen MR) is 103 cm³/mol. The number of carbonyl (C=O) groups excluding carboxylic acids is 1. The van der Waals surface area contributed by atoms with E-state index in [-0.39, 0.29) is 12.2 Å². The quantitative estimate of drug-likeness (QED) is 0.391. The highest BCUT2D eigenvalue weighted by molar-refractivity contribution is 6.78. The molecule has 0 aliphatic carbocycles. The van der Waals surface area contributed by atoms with Crippen molar-refractivity contribution in [2.45, 2.75) is 50.7 Å². The maximum Gasteiger partial charge on any atom is 0.330 e. The molecule has 1 aromatic rings. The second kappa shape index (κ2) is 7.29. The number of aromatic amines is 1. The van der Waals surface area contributed by atoms with E-state index < -0.39 is 58.7 Å². The van der Waals surface area contributed by atoms with Crippen LogP contribution in [0, 0.1) is 0 Å². The molecule has 10 nitrogen and oxygen atoms in total. The van der Waals surface area contributed by atoms with Gasteiger partial charge in [0.05, 0.1) is 6.61 Å². The molecule has 0 spiro atoms. The molecule has 3 rings (SSSR count). The number of nitrogens with one attached hydrogen (secondary N) is 1. The van der Waals surface area contributed by atoms with Gasteiger partial charge >= 0.3 is 22.8 Å². The van der Waals surface area contributed by atoms with Gasteiger partial charge in [0.1, 0.15) is 23.9 Å².